The third kappa shape index (κ3) is 5.47. The van der Waals surface area contributed by atoms with Crippen LogP contribution in [0.2, 0.25) is 0 Å². The highest BCUT2D eigenvalue weighted by atomic mass is 16.5. The minimum Gasteiger partial charge on any atom is -0.493 e. The molecule has 2 rings (SSSR count). The van der Waals surface area contributed by atoms with Gasteiger partial charge in [-0.25, -0.2) is 0 Å². The van der Waals surface area contributed by atoms with Crippen LogP contribution in [0.4, 0.5) is 0 Å². The molecule has 0 fully saturated rings. The SMILES string of the molecule is CCN(C)CCNCc1ccc(OCc2c(C)noc2C)c(OC)c1. The molecule has 0 unspecified atom stereocenters. The molecule has 0 aliphatic heterocycles. The summed E-state index contributed by atoms with van der Waals surface area (Å²) in [6.07, 6.45) is 0. The highest BCUT2D eigenvalue weighted by Gasteiger charge is 2.12. The molecule has 6 heteroatoms. The van der Waals surface area contributed by atoms with Crippen LogP contribution in [0.5, 0.6) is 11.5 Å². The summed E-state index contributed by atoms with van der Waals surface area (Å²) in [5, 5.41) is 7.40. The number of hydrogen-bond acceptors (Lipinski definition) is 6. The molecule has 0 saturated carbocycles. The van der Waals surface area contributed by atoms with Gasteiger partial charge in [0.05, 0.1) is 18.4 Å². The van der Waals surface area contributed by atoms with Gasteiger partial charge < -0.3 is 24.2 Å². The zero-order valence-corrected chi connectivity index (χ0v) is 15.9. The average Bonchev–Trinajstić information content (AvgIpc) is 2.95. The lowest BCUT2D eigenvalue weighted by atomic mass is 10.2. The number of nitrogens with zero attached hydrogens (tertiary/aromatic N) is 2. The van der Waals surface area contributed by atoms with Crippen molar-refractivity contribution in [3.63, 3.8) is 0 Å². The van der Waals surface area contributed by atoms with Crippen molar-refractivity contribution < 1.29 is 14.0 Å². The maximum atomic E-state index is 5.91. The Morgan fingerprint density at radius 2 is 2.04 bits per heavy atom. The second-order valence-electron chi connectivity index (χ2n) is 6.15. The summed E-state index contributed by atoms with van der Waals surface area (Å²) in [6.45, 7) is 10.2. The first kappa shape index (κ1) is 19.3. The summed E-state index contributed by atoms with van der Waals surface area (Å²) in [4.78, 5) is 2.28. The summed E-state index contributed by atoms with van der Waals surface area (Å²) in [5.41, 5.74) is 3.00. The van der Waals surface area contributed by atoms with Gasteiger partial charge in [-0.1, -0.05) is 18.1 Å². The van der Waals surface area contributed by atoms with Crippen LogP contribution in [0.3, 0.4) is 0 Å². The molecule has 138 valence electrons. The molecular formula is C19H29N3O3. The Labute approximate surface area is 150 Å². The van der Waals surface area contributed by atoms with Gasteiger partial charge in [-0.15, -0.1) is 0 Å². The number of rotatable bonds is 10. The van der Waals surface area contributed by atoms with Crippen molar-refractivity contribution in [1.82, 2.24) is 15.4 Å². The van der Waals surface area contributed by atoms with Crippen LogP contribution in [-0.2, 0) is 13.2 Å². The number of nitrogens with one attached hydrogen (secondary N) is 1. The first-order valence-corrected chi connectivity index (χ1v) is 8.65. The van der Waals surface area contributed by atoms with E-state index < -0.39 is 0 Å². The molecule has 0 atom stereocenters. The van der Waals surface area contributed by atoms with Crippen LogP contribution < -0.4 is 14.8 Å². The summed E-state index contributed by atoms with van der Waals surface area (Å²) in [7, 11) is 3.78. The van der Waals surface area contributed by atoms with Crippen LogP contribution in [0.1, 0.15) is 29.5 Å². The lowest BCUT2D eigenvalue weighted by Crippen LogP contribution is -2.28. The Kier molecular flexibility index (Phi) is 7.28. The number of likely N-dealkylation sites (N-methyl/N-ethyl adjacent to an activating group) is 1. The molecule has 1 N–H and O–H groups in total. The van der Waals surface area contributed by atoms with Crippen LogP contribution in [0.25, 0.3) is 0 Å². The molecule has 0 radical (unpaired) electrons. The maximum absolute atomic E-state index is 5.91. The van der Waals surface area contributed by atoms with Gasteiger partial charge in [-0.3, -0.25) is 0 Å². The minimum absolute atomic E-state index is 0.415. The van der Waals surface area contributed by atoms with Crippen molar-refractivity contribution in [1.29, 1.82) is 0 Å². The van der Waals surface area contributed by atoms with E-state index in [4.69, 9.17) is 14.0 Å². The fourth-order valence-corrected chi connectivity index (χ4v) is 2.46. The van der Waals surface area contributed by atoms with E-state index in [1.165, 1.54) is 5.56 Å². The average molecular weight is 347 g/mol. The van der Waals surface area contributed by atoms with Crippen LogP contribution in [0.15, 0.2) is 22.7 Å². The first-order chi connectivity index (χ1) is 12.0. The second-order valence-corrected chi connectivity index (χ2v) is 6.15. The van der Waals surface area contributed by atoms with Crippen molar-refractivity contribution in [2.45, 2.75) is 33.9 Å². The molecule has 0 aliphatic carbocycles. The molecule has 1 aromatic carbocycles. The number of ether oxygens (including phenoxy) is 2. The highest BCUT2D eigenvalue weighted by molar-refractivity contribution is 5.43. The fraction of sp³-hybridized carbons (Fsp3) is 0.526. The largest absolute Gasteiger partial charge is 0.493 e. The fourth-order valence-electron chi connectivity index (χ4n) is 2.46. The third-order valence-electron chi connectivity index (χ3n) is 4.32. The van der Waals surface area contributed by atoms with Crippen molar-refractivity contribution in [3.05, 3.63) is 40.8 Å². The Morgan fingerprint density at radius 1 is 1.24 bits per heavy atom. The van der Waals surface area contributed by atoms with Crippen molar-refractivity contribution in [3.8, 4) is 11.5 Å². The summed E-state index contributed by atoms with van der Waals surface area (Å²) in [6, 6.07) is 6.02. The molecule has 0 saturated heterocycles. The molecule has 25 heavy (non-hydrogen) atoms. The number of aryl methyl sites for hydroxylation is 2. The zero-order chi connectivity index (χ0) is 18.2. The van der Waals surface area contributed by atoms with E-state index in [9.17, 15) is 0 Å². The van der Waals surface area contributed by atoms with E-state index in [1.54, 1.807) is 7.11 Å². The van der Waals surface area contributed by atoms with Crippen molar-refractivity contribution >= 4 is 0 Å². The molecule has 1 heterocycles. The third-order valence-corrected chi connectivity index (χ3v) is 4.32. The lowest BCUT2D eigenvalue weighted by molar-refractivity contribution is 0.281. The Hall–Kier alpha value is -2.05. The molecule has 0 bridgehead atoms. The van der Waals surface area contributed by atoms with E-state index in [1.807, 2.05) is 26.0 Å². The van der Waals surface area contributed by atoms with E-state index in [0.29, 0.717) is 6.61 Å². The standard InChI is InChI=1S/C19H29N3O3/c1-6-22(4)10-9-20-12-16-7-8-18(19(11-16)23-5)24-13-17-14(2)21-25-15(17)3/h7-8,11,20H,6,9-10,12-13H2,1-5H3. The summed E-state index contributed by atoms with van der Waals surface area (Å²) >= 11 is 0. The van der Waals surface area contributed by atoms with Crippen molar-refractivity contribution in [2.75, 3.05) is 33.8 Å². The number of aromatic nitrogens is 1. The quantitative estimate of drug-likeness (QED) is 0.667. The maximum Gasteiger partial charge on any atom is 0.161 e. The van der Waals surface area contributed by atoms with E-state index >= 15 is 0 Å². The van der Waals surface area contributed by atoms with Gasteiger partial charge in [0.1, 0.15) is 12.4 Å². The highest BCUT2D eigenvalue weighted by Crippen LogP contribution is 2.29. The molecule has 0 aliphatic rings. The molecule has 1 aromatic heterocycles. The lowest BCUT2D eigenvalue weighted by Gasteiger charge is -2.15. The van der Waals surface area contributed by atoms with E-state index in [-0.39, 0.29) is 0 Å². The van der Waals surface area contributed by atoms with Gasteiger partial charge in [0.25, 0.3) is 0 Å². The van der Waals surface area contributed by atoms with Gasteiger partial charge >= 0.3 is 0 Å². The van der Waals surface area contributed by atoms with Crippen LogP contribution in [-0.4, -0.2) is 43.8 Å². The molecule has 6 nitrogen and oxygen atoms in total. The van der Waals surface area contributed by atoms with Crippen LogP contribution in [0, 0.1) is 13.8 Å². The molecule has 0 spiro atoms. The Morgan fingerprint density at radius 3 is 2.68 bits per heavy atom. The number of benzene rings is 1. The molecular weight excluding hydrogens is 318 g/mol. The van der Waals surface area contributed by atoms with Gasteiger partial charge in [-0.05, 0) is 45.1 Å². The summed E-state index contributed by atoms with van der Waals surface area (Å²) in [5.74, 6) is 2.24. The van der Waals surface area contributed by atoms with Gasteiger partial charge in [0.2, 0.25) is 0 Å². The smallest absolute Gasteiger partial charge is 0.161 e. The van der Waals surface area contributed by atoms with Crippen LogP contribution >= 0.6 is 0 Å². The zero-order valence-electron chi connectivity index (χ0n) is 15.9. The van der Waals surface area contributed by atoms with Crippen molar-refractivity contribution in [2.24, 2.45) is 0 Å². The van der Waals surface area contributed by atoms with E-state index in [2.05, 4.69) is 35.4 Å². The Balaban J connectivity index is 1.92. The number of methoxy groups -OCH3 is 1. The minimum atomic E-state index is 0.415. The predicted octanol–water partition coefficient (Wildman–Crippen LogP) is 2.92. The molecule has 0 amide bonds. The monoisotopic (exact) mass is 347 g/mol. The normalized spacial score (nSPS) is 11.1. The molecule has 2 aromatic rings. The first-order valence-electron chi connectivity index (χ1n) is 8.65. The second kappa shape index (κ2) is 9.44. The van der Waals surface area contributed by atoms with Gasteiger partial charge in [0.15, 0.2) is 11.5 Å². The van der Waals surface area contributed by atoms with Gasteiger partial charge in [-0.2, -0.15) is 0 Å². The topological polar surface area (TPSA) is 59.8 Å². The van der Waals surface area contributed by atoms with Gasteiger partial charge in [0, 0.05) is 19.6 Å². The Bertz CT molecular complexity index is 650. The number of hydrogen-bond donors (Lipinski definition) is 1. The van der Waals surface area contributed by atoms with E-state index in [0.717, 1.165) is 54.7 Å². The summed E-state index contributed by atoms with van der Waals surface area (Å²) < 4.78 is 16.6. The predicted molar refractivity (Wildman–Crippen MR) is 98.2 cm³/mol.